The Hall–Kier alpha value is -1.83. The van der Waals surface area contributed by atoms with E-state index in [0.29, 0.717) is 0 Å². The molecule has 0 aromatic rings. The topological polar surface area (TPSA) is 97.4 Å². The van der Waals surface area contributed by atoms with Gasteiger partial charge in [0.15, 0.2) is 18.3 Å². The van der Waals surface area contributed by atoms with Gasteiger partial charge in [0.1, 0.15) is 18.8 Å². The summed E-state index contributed by atoms with van der Waals surface area (Å²) in [5, 5.41) is 0. The third-order valence-corrected chi connectivity index (χ3v) is 3.54. The van der Waals surface area contributed by atoms with Crippen molar-refractivity contribution in [1.29, 1.82) is 0 Å². The van der Waals surface area contributed by atoms with E-state index in [1.807, 2.05) is 13.8 Å². The predicted octanol–water partition coefficient (Wildman–Crippen LogP) is 0.809. The molecule has 0 aromatic heterocycles. The van der Waals surface area contributed by atoms with Crippen LogP contribution >= 0.6 is 0 Å². The number of fused-ring (bicyclic) bond motifs is 1. The molecule has 2 heterocycles. The van der Waals surface area contributed by atoms with E-state index >= 15 is 0 Å². The second kappa shape index (κ2) is 6.51. The van der Waals surface area contributed by atoms with Crippen molar-refractivity contribution in [3.63, 3.8) is 0 Å². The Bertz CT molecular complexity index is 460. The minimum Gasteiger partial charge on any atom is -0.463 e. The number of hydrogen-bond donors (Lipinski definition) is 0. The zero-order valence-corrected chi connectivity index (χ0v) is 12.9. The predicted molar refractivity (Wildman–Crippen MR) is 70.8 cm³/mol. The van der Waals surface area contributed by atoms with Crippen LogP contribution in [-0.2, 0) is 33.3 Å². The number of carbonyl (C=O) groups excluding carboxylic acids is 3. The van der Waals surface area contributed by atoms with Gasteiger partial charge in [-0.1, -0.05) is 13.8 Å². The number of ether oxygens (including phenoxy) is 5. The average molecular weight is 316 g/mol. The third-order valence-electron chi connectivity index (χ3n) is 3.54. The second-order valence-electron chi connectivity index (χ2n) is 5.67. The molecule has 0 bridgehead atoms. The van der Waals surface area contributed by atoms with Gasteiger partial charge in [-0.05, 0) is 5.92 Å². The zero-order chi connectivity index (χ0) is 16.4. The summed E-state index contributed by atoms with van der Waals surface area (Å²) in [6, 6.07) is 0. The zero-order valence-electron chi connectivity index (χ0n) is 12.9. The Balaban J connectivity index is 2.21. The van der Waals surface area contributed by atoms with Crippen molar-refractivity contribution in [1.82, 2.24) is 0 Å². The SMILES string of the molecule is CC(=O)OCC1O[C@@H](C(C)C)C(OC(C)=O)[C@H]2OC(=O)O[C@@H]12. The van der Waals surface area contributed by atoms with Gasteiger partial charge in [0.05, 0.1) is 0 Å². The molecule has 2 fully saturated rings. The van der Waals surface area contributed by atoms with Gasteiger partial charge in [-0.2, -0.15) is 0 Å². The number of rotatable bonds is 4. The van der Waals surface area contributed by atoms with E-state index in [9.17, 15) is 14.4 Å². The van der Waals surface area contributed by atoms with E-state index in [4.69, 9.17) is 23.7 Å². The van der Waals surface area contributed by atoms with E-state index in [-0.39, 0.29) is 12.5 Å². The van der Waals surface area contributed by atoms with Crippen molar-refractivity contribution in [3.8, 4) is 0 Å². The van der Waals surface area contributed by atoms with E-state index in [1.54, 1.807) is 0 Å². The molecule has 8 heteroatoms. The van der Waals surface area contributed by atoms with Gasteiger partial charge in [-0.15, -0.1) is 0 Å². The first-order valence-electron chi connectivity index (χ1n) is 7.13. The molecular weight excluding hydrogens is 296 g/mol. The monoisotopic (exact) mass is 316 g/mol. The van der Waals surface area contributed by atoms with E-state index < -0.39 is 48.6 Å². The third kappa shape index (κ3) is 3.49. The second-order valence-corrected chi connectivity index (χ2v) is 5.67. The van der Waals surface area contributed by atoms with Crippen LogP contribution in [-0.4, -0.2) is 55.2 Å². The van der Waals surface area contributed by atoms with Crippen molar-refractivity contribution >= 4 is 18.1 Å². The summed E-state index contributed by atoms with van der Waals surface area (Å²) < 4.78 is 26.3. The Morgan fingerprint density at radius 2 is 1.77 bits per heavy atom. The highest BCUT2D eigenvalue weighted by Crippen LogP contribution is 2.35. The van der Waals surface area contributed by atoms with Crippen molar-refractivity contribution in [2.75, 3.05) is 6.61 Å². The van der Waals surface area contributed by atoms with Crippen LogP contribution in [0.4, 0.5) is 4.79 Å². The molecule has 2 unspecified atom stereocenters. The van der Waals surface area contributed by atoms with Crippen LogP contribution in [0, 0.1) is 5.92 Å². The lowest BCUT2D eigenvalue weighted by atomic mass is 9.89. The molecule has 124 valence electrons. The molecule has 0 saturated carbocycles. The maximum atomic E-state index is 11.5. The summed E-state index contributed by atoms with van der Waals surface area (Å²) in [6.45, 7) is 6.27. The maximum Gasteiger partial charge on any atom is 0.509 e. The van der Waals surface area contributed by atoms with E-state index in [2.05, 4.69) is 0 Å². The molecule has 0 amide bonds. The molecule has 0 radical (unpaired) electrons. The van der Waals surface area contributed by atoms with Crippen molar-refractivity contribution < 1.29 is 38.1 Å². The maximum absolute atomic E-state index is 11.5. The van der Waals surface area contributed by atoms with Gasteiger partial charge in [0.2, 0.25) is 0 Å². The molecule has 5 atom stereocenters. The molecule has 2 rings (SSSR count). The summed E-state index contributed by atoms with van der Waals surface area (Å²) in [7, 11) is 0. The standard InChI is InChI=1S/C14H20O8/c1-6(2)10-12(19-8(4)16)13-11(21-14(17)22-13)9(20-10)5-18-7(3)15/h6,9-13H,5H2,1-4H3/t9?,10-,11-,12?,13-/m0/s1. The van der Waals surface area contributed by atoms with Gasteiger partial charge < -0.3 is 23.7 Å². The van der Waals surface area contributed by atoms with Crippen LogP contribution < -0.4 is 0 Å². The van der Waals surface area contributed by atoms with Crippen molar-refractivity contribution in [3.05, 3.63) is 0 Å². The fraction of sp³-hybridized carbons (Fsp3) is 0.786. The van der Waals surface area contributed by atoms with Crippen molar-refractivity contribution in [2.24, 2.45) is 5.92 Å². The minimum absolute atomic E-state index is 0.00979. The fourth-order valence-electron chi connectivity index (χ4n) is 2.67. The average Bonchev–Trinajstić information content (AvgIpc) is 2.78. The van der Waals surface area contributed by atoms with Gasteiger partial charge in [0.25, 0.3) is 0 Å². The Morgan fingerprint density at radius 1 is 1.14 bits per heavy atom. The highest BCUT2D eigenvalue weighted by atomic mass is 16.8. The van der Waals surface area contributed by atoms with Gasteiger partial charge in [-0.3, -0.25) is 9.59 Å². The smallest absolute Gasteiger partial charge is 0.463 e. The minimum atomic E-state index is -0.854. The molecule has 0 spiro atoms. The van der Waals surface area contributed by atoms with E-state index in [1.165, 1.54) is 13.8 Å². The first-order chi connectivity index (χ1) is 10.3. The van der Waals surface area contributed by atoms with Crippen LogP contribution in [0.1, 0.15) is 27.7 Å². The number of hydrogen-bond acceptors (Lipinski definition) is 8. The van der Waals surface area contributed by atoms with Gasteiger partial charge in [0, 0.05) is 13.8 Å². The Morgan fingerprint density at radius 3 is 2.32 bits per heavy atom. The largest absolute Gasteiger partial charge is 0.509 e. The fourth-order valence-corrected chi connectivity index (χ4v) is 2.67. The lowest BCUT2D eigenvalue weighted by Gasteiger charge is -2.41. The summed E-state index contributed by atoms with van der Waals surface area (Å²) in [6.07, 6.45) is -4.35. The van der Waals surface area contributed by atoms with Gasteiger partial charge in [-0.25, -0.2) is 4.79 Å². The highest BCUT2D eigenvalue weighted by molar-refractivity contribution is 5.67. The summed E-state index contributed by atoms with van der Waals surface area (Å²) in [5.74, 6) is -0.975. The molecule has 0 aliphatic carbocycles. The molecular formula is C14H20O8. The van der Waals surface area contributed by atoms with Crippen LogP contribution in [0.25, 0.3) is 0 Å². The van der Waals surface area contributed by atoms with E-state index in [0.717, 1.165) is 0 Å². The normalized spacial score (nSPS) is 33.7. The van der Waals surface area contributed by atoms with Crippen LogP contribution in [0.2, 0.25) is 0 Å². The molecule has 0 N–H and O–H groups in total. The first-order valence-corrected chi connectivity index (χ1v) is 7.13. The Labute approximate surface area is 128 Å². The van der Waals surface area contributed by atoms with Gasteiger partial charge >= 0.3 is 18.1 Å². The number of esters is 2. The van der Waals surface area contributed by atoms with Crippen LogP contribution in [0.3, 0.4) is 0 Å². The van der Waals surface area contributed by atoms with Crippen molar-refractivity contribution in [2.45, 2.75) is 58.2 Å². The molecule has 2 saturated heterocycles. The molecule has 2 aliphatic heterocycles. The number of carbonyl (C=O) groups is 3. The molecule has 0 aromatic carbocycles. The first kappa shape index (κ1) is 16.5. The lowest BCUT2D eigenvalue weighted by molar-refractivity contribution is -0.223. The molecule has 22 heavy (non-hydrogen) atoms. The Kier molecular flexibility index (Phi) is 4.90. The quantitative estimate of drug-likeness (QED) is 0.555. The summed E-state index contributed by atoms with van der Waals surface area (Å²) in [4.78, 5) is 33.8. The van der Waals surface area contributed by atoms with Crippen LogP contribution in [0.5, 0.6) is 0 Å². The lowest BCUT2D eigenvalue weighted by Crippen LogP contribution is -2.60. The van der Waals surface area contributed by atoms with Crippen LogP contribution in [0.15, 0.2) is 0 Å². The summed E-state index contributed by atoms with van der Waals surface area (Å²) in [5.41, 5.74) is 0. The molecule has 2 aliphatic rings. The molecule has 8 nitrogen and oxygen atoms in total. The summed E-state index contributed by atoms with van der Waals surface area (Å²) >= 11 is 0. The highest BCUT2D eigenvalue weighted by Gasteiger charge is 2.56.